The summed E-state index contributed by atoms with van der Waals surface area (Å²) in [4.78, 5) is 33.4. The highest BCUT2D eigenvalue weighted by Gasteiger charge is 2.17. The average molecular weight is 294 g/mol. The number of nitrogens with one attached hydrogen (secondary N) is 3. The highest BCUT2D eigenvalue weighted by atomic mass is 16.6. The van der Waals surface area contributed by atoms with Crippen molar-refractivity contribution in [3.8, 4) is 0 Å². The smallest absolute Gasteiger partial charge is 0.293 e. The van der Waals surface area contributed by atoms with Gasteiger partial charge in [0.15, 0.2) is 0 Å². The Balaban J connectivity index is 2.78. The number of hydrogen-bond acceptors (Lipinski definition) is 5. The molecule has 1 aromatic carbocycles. The van der Waals surface area contributed by atoms with Crippen molar-refractivity contribution < 1.29 is 14.5 Å². The molecular formula is C13H18N4O4. The van der Waals surface area contributed by atoms with Crippen molar-refractivity contribution >= 4 is 23.2 Å². The standard InChI is InChI=1S/C13H18N4O4/c1-3-15-10-5-4-9(8-11(10)17(20)21)13(19)16-7-6-12(18)14-2/h4-5,8,15H,3,6-7H2,1-2H3,(H,14,18)(H,16,19). The summed E-state index contributed by atoms with van der Waals surface area (Å²) in [6.07, 6.45) is 0.153. The van der Waals surface area contributed by atoms with Gasteiger partial charge in [0.05, 0.1) is 4.92 Å². The van der Waals surface area contributed by atoms with Crippen molar-refractivity contribution in [1.29, 1.82) is 0 Å². The molecule has 0 aliphatic carbocycles. The first kappa shape index (κ1) is 16.4. The van der Waals surface area contributed by atoms with E-state index >= 15 is 0 Å². The average Bonchev–Trinajstić information content (AvgIpc) is 2.47. The number of hydrogen-bond donors (Lipinski definition) is 3. The van der Waals surface area contributed by atoms with Crippen LogP contribution in [0.5, 0.6) is 0 Å². The molecule has 0 spiro atoms. The van der Waals surface area contributed by atoms with Crippen LogP contribution < -0.4 is 16.0 Å². The van der Waals surface area contributed by atoms with Gasteiger partial charge in [-0.2, -0.15) is 0 Å². The summed E-state index contributed by atoms with van der Waals surface area (Å²) >= 11 is 0. The maximum atomic E-state index is 11.9. The highest BCUT2D eigenvalue weighted by molar-refractivity contribution is 5.96. The van der Waals surface area contributed by atoms with Crippen LogP contribution in [0, 0.1) is 10.1 Å². The van der Waals surface area contributed by atoms with Gasteiger partial charge in [-0.15, -0.1) is 0 Å². The van der Waals surface area contributed by atoms with E-state index in [1.165, 1.54) is 25.2 Å². The zero-order chi connectivity index (χ0) is 15.8. The van der Waals surface area contributed by atoms with Crippen molar-refractivity contribution in [2.24, 2.45) is 0 Å². The first-order valence-corrected chi connectivity index (χ1v) is 6.50. The number of amides is 2. The van der Waals surface area contributed by atoms with Crippen molar-refractivity contribution in [3.63, 3.8) is 0 Å². The Bertz CT molecular complexity index is 545. The SMILES string of the molecule is CCNc1ccc(C(=O)NCCC(=O)NC)cc1[N+](=O)[O-]. The molecule has 0 radical (unpaired) electrons. The summed E-state index contributed by atoms with van der Waals surface area (Å²) in [7, 11) is 1.51. The van der Waals surface area contributed by atoms with Crippen molar-refractivity contribution in [3.05, 3.63) is 33.9 Å². The molecule has 0 atom stereocenters. The van der Waals surface area contributed by atoms with E-state index in [0.29, 0.717) is 12.2 Å². The van der Waals surface area contributed by atoms with Gasteiger partial charge >= 0.3 is 0 Å². The summed E-state index contributed by atoms with van der Waals surface area (Å²) in [6, 6.07) is 4.21. The van der Waals surface area contributed by atoms with Gasteiger partial charge in [-0.1, -0.05) is 0 Å². The predicted molar refractivity (Wildman–Crippen MR) is 78.3 cm³/mol. The van der Waals surface area contributed by atoms with Crippen LogP contribution in [0.25, 0.3) is 0 Å². The topological polar surface area (TPSA) is 113 Å². The molecule has 114 valence electrons. The van der Waals surface area contributed by atoms with Gasteiger partial charge in [-0.05, 0) is 19.1 Å². The van der Waals surface area contributed by atoms with E-state index in [1.807, 2.05) is 6.92 Å². The first-order valence-electron chi connectivity index (χ1n) is 6.50. The van der Waals surface area contributed by atoms with E-state index in [1.54, 1.807) is 0 Å². The van der Waals surface area contributed by atoms with Crippen LogP contribution >= 0.6 is 0 Å². The second kappa shape index (κ2) is 7.83. The van der Waals surface area contributed by atoms with Gasteiger partial charge in [0.25, 0.3) is 11.6 Å². The summed E-state index contributed by atoms with van der Waals surface area (Å²) in [5.41, 5.74) is 0.389. The summed E-state index contributed by atoms with van der Waals surface area (Å²) in [6.45, 7) is 2.53. The molecule has 0 aliphatic rings. The van der Waals surface area contributed by atoms with Crippen LogP contribution in [0.15, 0.2) is 18.2 Å². The number of nitro groups is 1. The van der Waals surface area contributed by atoms with Gasteiger partial charge in [0, 0.05) is 38.2 Å². The molecule has 0 unspecified atom stereocenters. The number of nitro benzene ring substituents is 1. The zero-order valence-corrected chi connectivity index (χ0v) is 11.9. The largest absolute Gasteiger partial charge is 0.380 e. The number of carbonyl (C=O) groups is 2. The minimum atomic E-state index is -0.542. The maximum absolute atomic E-state index is 11.9. The minimum Gasteiger partial charge on any atom is -0.380 e. The molecule has 1 aromatic rings. The lowest BCUT2D eigenvalue weighted by molar-refractivity contribution is -0.384. The molecule has 0 bridgehead atoms. The normalized spacial score (nSPS) is 9.81. The molecule has 0 aliphatic heterocycles. The molecule has 8 heteroatoms. The molecule has 0 saturated heterocycles. The monoisotopic (exact) mass is 294 g/mol. The number of rotatable bonds is 7. The fourth-order valence-corrected chi connectivity index (χ4v) is 1.68. The van der Waals surface area contributed by atoms with Gasteiger partial charge in [0.2, 0.25) is 5.91 Å². The van der Waals surface area contributed by atoms with E-state index in [0.717, 1.165) is 0 Å². The van der Waals surface area contributed by atoms with E-state index in [9.17, 15) is 19.7 Å². The van der Waals surface area contributed by atoms with Crippen LogP contribution in [-0.4, -0.2) is 36.9 Å². The third-order valence-corrected chi connectivity index (χ3v) is 2.74. The van der Waals surface area contributed by atoms with Gasteiger partial charge in [-0.25, -0.2) is 0 Å². The molecule has 8 nitrogen and oxygen atoms in total. The second-order valence-electron chi connectivity index (χ2n) is 4.20. The fraction of sp³-hybridized carbons (Fsp3) is 0.385. The molecule has 0 saturated carbocycles. The summed E-state index contributed by atoms with van der Waals surface area (Å²) in [5, 5.41) is 18.8. The van der Waals surface area contributed by atoms with E-state index in [2.05, 4.69) is 16.0 Å². The van der Waals surface area contributed by atoms with Gasteiger partial charge in [0.1, 0.15) is 5.69 Å². The minimum absolute atomic E-state index is 0.153. The molecule has 21 heavy (non-hydrogen) atoms. The number of benzene rings is 1. The summed E-state index contributed by atoms with van der Waals surface area (Å²) in [5.74, 6) is -0.645. The molecule has 0 aromatic heterocycles. The van der Waals surface area contributed by atoms with Crippen LogP contribution in [0.3, 0.4) is 0 Å². The molecule has 1 rings (SSSR count). The van der Waals surface area contributed by atoms with E-state index < -0.39 is 10.8 Å². The molecule has 2 amide bonds. The lowest BCUT2D eigenvalue weighted by Crippen LogP contribution is -2.29. The third kappa shape index (κ3) is 4.75. The second-order valence-corrected chi connectivity index (χ2v) is 4.20. The first-order chi connectivity index (χ1) is 9.99. The van der Waals surface area contributed by atoms with Crippen LogP contribution in [-0.2, 0) is 4.79 Å². The third-order valence-electron chi connectivity index (χ3n) is 2.74. The quantitative estimate of drug-likeness (QED) is 0.510. The lowest BCUT2D eigenvalue weighted by Gasteiger charge is -2.08. The van der Waals surface area contributed by atoms with Crippen LogP contribution in [0.2, 0.25) is 0 Å². The lowest BCUT2D eigenvalue weighted by atomic mass is 10.1. The maximum Gasteiger partial charge on any atom is 0.293 e. The van der Waals surface area contributed by atoms with Crippen LogP contribution in [0.1, 0.15) is 23.7 Å². The fourth-order valence-electron chi connectivity index (χ4n) is 1.68. The number of carbonyl (C=O) groups excluding carboxylic acids is 2. The van der Waals surface area contributed by atoms with Crippen molar-refractivity contribution in [2.45, 2.75) is 13.3 Å². The molecule has 0 heterocycles. The van der Waals surface area contributed by atoms with E-state index in [-0.39, 0.29) is 30.1 Å². The molecule has 3 N–H and O–H groups in total. The number of anilines is 1. The van der Waals surface area contributed by atoms with Gasteiger partial charge < -0.3 is 16.0 Å². The summed E-state index contributed by atoms with van der Waals surface area (Å²) < 4.78 is 0. The van der Waals surface area contributed by atoms with Crippen LogP contribution in [0.4, 0.5) is 11.4 Å². The Labute approximate surface area is 122 Å². The zero-order valence-electron chi connectivity index (χ0n) is 11.9. The Morgan fingerprint density at radius 1 is 1.33 bits per heavy atom. The Morgan fingerprint density at radius 3 is 2.62 bits per heavy atom. The number of nitrogens with zero attached hydrogens (tertiary/aromatic N) is 1. The Morgan fingerprint density at radius 2 is 2.05 bits per heavy atom. The Hall–Kier alpha value is -2.64. The Kier molecular flexibility index (Phi) is 6.12. The van der Waals surface area contributed by atoms with Crippen molar-refractivity contribution in [2.75, 3.05) is 25.5 Å². The highest BCUT2D eigenvalue weighted by Crippen LogP contribution is 2.25. The predicted octanol–water partition coefficient (Wildman–Crippen LogP) is 0.892. The molecular weight excluding hydrogens is 276 g/mol. The molecule has 0 fully saturated rings. The van der Waals surface area contributed by atoms with E-state index in [4.69, 9.17) is 0 Å². The van der Waals surface area contributed by atoms with Gasteiger partial charge in [-0.3, -0.25) is 19.7 Å². The van der Waals surface area contributed by atoms with Crippen molar-refractivity contribution in [1.82, 2.24) is 10.6 Å².